The van der Waals surface area contributed by atoms with Crippen LogP contribution >= 0.6 is 0 Å². The van der Waals surface area contributed by atoms with Crippen molar-refractivity contribution in [1.29, 1.82) is 0 Å². The lowest BCUT2D eigenvalue weighted by Gasteiger charge is -2.40. The van der Waals surface area contributed by atoms with Crippen LogP contribution in [-0.4, -0.2) is 55.8 Å². The van der Waals surface area contributed by atoms with Crippen LogP contribution in [0.2, 0.25) is 0 Å². The zero-order valence-electron chi connectivity index (χ0n) is 17.2. The number of ether oxygens (including phenoxy) is 1. The van der Waals surface area contributed by atoms with E-state index in [2.05, 4.69) is 0 Å². The second-order valence-corrected chi connectivity index (χ2v) is 10.0. The molecule has 2 aliphatic heterocycles. The lowest BCUT2D eigenvalue weighted by atomic mass is 9.95. The molecule has 160 valence electrons. The normalized spacial score (nSPS) is 24.0. The van der Waals surface area contributed by atoms with Gasteiger partial charge in [-0.25, -0.2) is 8.42 Å². The molecule has 2 aromatic carbocycles. The predicted molar refractivity (Wildman–Crippen MR) is 114 cm³/mol. The Balaban J connectivity index is 1.39. The molecule has 2 aliphatic rings. The molecule has 2 atom stereocenters. The van der Waals surface area contributed by atoms with Gasteiger partial charge in [-0.05, 0) is 37.5 Å². The van der Waals surface area contributed by atoms with E-state index in [4.69, 9.17) is 4.74 Å². The Kier molecular flexibility index (Phi) is 6.22. The highest BCUT2D eigenvalue weighted by molar-refractivity contribution is 7.89. The molecule has 0 aromatic heterocycles. The van der Waals surface area contributed by atoms with Crippen LogP contribution in [0.25, 0.3) is 0 Å². The van der Waals surface area contributed by atoms with E-state index < -0.39 is 10.0 Å². The summed E-state index contributed by atoms with van der Waals surface area (Å²) in [5.74, 6) is -0.0308. The number of hydrogen-bond acceptors (Lipinski definition) is 4. The summed E-state index contributed by atoms with van der Waals surface area (Å²) < 4.78 is 33.2. The summed E-state index contributed by atoms with van der Waals surface area (Å²) in [7, 11) is -3.50. The lowest BCUT2D eigenvalue weighted by molar-refractivity contribution is -0.150. The van der Waals surface area contributed by atoms with Crippen LogP contribution in [0.15, 0.2) is 65.6 Å². The predicted octanol–water partition coefficient (Wildman–Crippen LogP) is 3.08. The molecule has 0 aliphatic carbocycles. The van der Waals surface area contributed by atoms with E-state index in [1.54, 1.807) is 30.3 Å². The first-order valence-corrected chi connectivity index (χ1v) is 11.9. The van der Waals surface area contributed by atoms with E-state index in [-0.39, 0.29) is 24.0 Å². The number of nitrogens with zero attached hydrogens (tertiary/aromatic N) is 2. The van der Waals surface area contributed by atoms with Crippen LogP contribution in [0.3, 0.4) is 0 Å². The highest BCUT2D eigenvalue weighted by Crippen LogP contribution is 2.29. The molecule has 30 heavy (non-hydrogen) atoms. The Morgan fingerprint density at radius 3 is 2.17 bits per heavy atom. The molecule has 6 nitrogen and oxygen atoms in total. The zero-order valence-corrected chi connectivity index (χ0v) is 18.0. The zero-order chi connectivity index (χ0) is 21.1. The van der Waals surface area contributed by atoms with Gasteiger partial charge in [-0.1, -0.05) is 48.5 Å². The molecule has 0 N–H and O–H groups in total. The van der Waals surface area contributed by atoms with Crippen molar-refractivity contribution >= 4 is 15.9 Å². The summed E-state index contributed by atoms with van der Waals surface area (Å²) in [5, 5.41) is 0. The third kappa shape index (κ3) is 4.43. The largest absolute Gasteiger partial charge is 0.367 e. The number of carbonyl (C=O) groups excluding carboxylic acids is 1. The minimum Gasteiger partial charge on any atom is -0.367 e. The molecular formula is C23H28N2O4S. The number of amides is 1. The SMILES string of the molecule is CC1CN(C(=O)C2CCN(S(=O)(=O)c3ccccc3)CC2)CC(c2ccccc2)O1. The molecule has 0 radical (unpaired) electrons. The molecule has 0 spiro atoms. The van der Waals surface area contributed by atoms with Gasteiger partial charge in [0.1, 0.15) is 6.10 Å². The number of rotatable bonds is 4. The second kappa shape index (κ2) is 8.88. The molecule has 4 rings (SSSR count). The maximum Gasteiger partial charge on any atom is 0.243 e. The van der Waals surface area contributed by atoms with Gasteiger partial charge in [0.25, 0.3) is 0 Å². The Morgan fingerprint density at radius 1 is 0.933 bits per heavy atom. The molecule has 1 amide bonds. The maximum absolute atomic E-state index is 13.2. The van der Waals surface area contributed by atoms with Crippen LogP contribution in [0.1, 0.15) is 31.4 Å². The summed E-state index contributed by atoms with van der Waals surface area (Å²) in [6.07, 6.45) is 0.933. The van der Waals surface area contributed by atoms with Crippen molar-refractivity contribution in [3.8, 4) is 0 Å². The third-order valence-electron chi connectivity index (χ3n) is 5.93. The maximum atomic E-state index is 13.2. The third-order valence-corrected chi connectivity index (χ3v) is 7.84. The van der Waals surface area contributed by atoms with Gasteiger partial charge >= 0.3 is 0 Å². The van der Waals surface area contributed by atoms with Gasteiger partial charge in [0.05, 0.1) is 17.5 Å². The molecule has 2 aromatic rings. The van der Waals surface area contributed by atoms with E-state index in [1.807, 2.05) is 42.2 Å². The van der Waals surface area contributed by atoms with Gasteiger partial charge in [0.2, 0.25) is 15.9 Å². The van der Waals surface area contributed by atoms with Crippen molar-refractivity contribution in [2.24, 2.45) is 5.92 Å². The van der Waals surface area contributed by atoms with E-state index in [0.717, 1.165) is 5.56 Å². The van der Waals surface area contributed by atoms with Gasteiger partial charge in [-0.2, -0.15) is 4.31 Å². The van der Waals surface area contributed by atoms with Crippen molar-refractivity contribution in [3.05, 3.63) is 66.2 Å². The highest BCUT2D eigenvalue weighted by atomic mass is 32.2. The summed E-state index contributed by atoms with van der Waals surface area (Å²) >= 11 is 0. The number of benzene rings is 2. The Morgan fingerprint density at radius 2 is 1.53 bits per heavy atom. The average Bonchev–Trinajstić information content (AvgIpc) is 2.79. The Labute approximate surface area is 178 Å². The molecule has 2 saturated heterocycles. The van der Waals surface area contributed by atoms with Crippen LogP contribution in [0.4, 0.5) is 0 Å². The fourth-order valence-electron chi connectivity index (χ4n) is 4.33. The monoisotopic (exact) mass is 428 g/mol. The molecule has 2 unspecified atom stereocenters. The van der Waals surface area contributed by atoms with Crippen molar-refractivity contribution in [2.45, 2.75) is 36.9 Å². The summed E-state index contributed by atoms with van der Waals surface area (Å²) in [4.78, 5) is 15.4. The van der Waals surface area contributed by atoms with E-state index in [0.29, 0.717) is 43.9 Å². The number of hydrogen-bond donors (Lipinski definition) is 0. The fraction of sp³-hybridized carbons (Fsp3) is 0.435. The molecule has 2 fully saturated rings. The standard InChI is InChI=1S/C23H28N2O4S/c1-18-16-24(17-22(29-18)19-8-4-2-5-9-19)23(26)20-12-14-25(15-13-20)30(27,28)21-10-6-3-7-11-21/h2-11,18,20,22H,12-17H2,1H3. The minimum atomic E-state index is -3.50. The second-order valence-electron chi connectivity index (χ2n) is 8.08. The van der Waals surface area contributed by atoms with Gasteiger partial charge < -0.3 is 9.64 Å². The van der Waals surface area contributed by atoms with Crippen molar-refractivity contribution in [3.63, 3.8) is 0 Å². The summed E-state index contributed by atoms with van der Waals surface area (Å²) in [6.45, 7) is 3.84. The van der Waals surface area contributed by atoms with Gasteiger partial charge in [-0.3, -0.25) is 4.79 Å². The topological polar surface area (TPSA) is 66.9 Å². The van der Waals surface area contributed by atoms with Gasteiger partial charge in [-0.15, -0.1) is 0 Å². The summed E-state index contributed by atoms with van der Waals surface area (Å²) in [6, 6.07) is 18.5. The number of carbonyl (C=O) groups is 1. The molecule has 0 bridgehead atoms. The first-order chi connectivity index (χ1) is 14.4. The van der Waals surface area contributed by atoms with Crippen molar-refractivity contribution in [2.75, 3.05) is 26.2 Å². The first-order valence-electron chi connectivity index (χ1n) is 10.5. The number of sulfonamides is 1. The number of morpholine rings is 1. The summed E-state index contributed by atoms with van der Waals surface area (Å²) in [5.41, 5.74) is 1.07. The van der Waals surface area contributed by atoms with Gasteiger partial charge in [0.15, 0.2) is 0 Å². The van der Waals surface area contributed by atoms with E-state index in [1.165, 1.54) is 4.31 Å². The lowest BCUT2D eigenvalue weighted by Crippen LogP contribution is -2.50. The van der Waals surface area contributed by atoms with Crippen LogP contribution in [0, 0.1) is 5.92 Å². The highest BCUT2D eigenvalue weighted by Gasteiger charge is 2.36. The molecular weight excluding hydrogens is 400 g/mol. The quantitative estimate of drug-likeness (QED) is 0.751. The first kappa shape index (κ1) is 21.0. The Hall–Kier alpha value is -2.22. The van der Waals surface area contributed by atoms with Crippen molar-refractivity contribution < 1.29 is 17.9 Å². The van der Waals surface area contributed by atoms with E-state index >= 15 is 0 Å². The van der Waals surface area contributed by atoms with Crippen molar-refractivity contribution in [1.82, 2.24) is 9.21 Å². The Bertz CT molecular complexity index is 957. The average molecular weight is 429 g/mol. The minimum absolute atomic E-state index is 0.0357. The smallest absolute Gasteiger partial charge is 0.243 e. The van der Waals surface area contributed by atoms with E-state index in [9.17, 15) is 13.2 Å². The molecule has 7 heteroatoms. The van der Waals surface area contributed by atoms with Crippen LogP contribution < -0.4 is 0 Å². The molecule has 2 heterocycles. The fourth-order valence-corrected chi connectivity index (χ4v) is 5.82. The molecule has 0 saturated carbocycles. The van der Waals surface area contributed by atoms with Crippen LogP contribution in [-0.2, 0) is 19.6 Å². The van der Waals surface area contributed by atoms with Crippen LogP contribution in [0.5, 0.6) is 0 Å². The number of piperidine rings is 1. The van der Waals surface area contributed by atoms with Gasteiger partial charge in [0, 0.05) is 25.6 Å².